The number of carbonyl (C=O) groups excluding carboxylic acids is 4. The molecule has 4 aliphatic rings. The number of ether oxygens (including phenoxy) is 1. The molecule has 2 heterocycles. The normalized spacial score (nSPS) is 30.2. The molecule has 1 N–H and O–H groups in total. The van der Waals surface area contributed by atoms with E-state index in [0.29, 0.717) is 22.0 Å². The van der Waals surface area contributed by atoms with Gasteiger partial charge in [0, 0.05) is 29.6 Å². The first-order valence-corrected chi connectivity index (χ1v) is 16.1. The molecule has 46 heavy (non-hydrogen) atoms. The van der Waals surface area contributed by atoms with E-state index in [1.165, 1.54) is 13.1 Å². The molecule has 0 aromatic heterocycles. The van der Waals surface area contributed by atoms with E-state index in [9.17, 15) is 24.3 Å². The third-order valence-electron chi connectivity index (χ3n) is 9.99. The Morgan fingerprint density at radius 2 is 1.67 bits per heavy atom. The first-order chi connectivity index (χ1) is 21.9. The number of fused-ring (bicyclic) bond motifs is 4. The number of rotatable bonds is 5. The van der Waals surface area contributed by atoms with E-state index < -0.39 is 51.1 Å². The molecule has 3 aromatic rings. The zero-order valence-corrected chi connectivity index (χ0v) is 27.1. The number of likely N-dealkylation sites (tertiary alicyclic amines) is 1. The zero-order chi connectivity index (χ0) is 32.7. The zero-order valence-electron chi connectivity index (χ0n) is 24.9. The topological polar surface area (TPSA) is 104 Å². The fraction of sp³-hybridized carbons (Fsp3) is 0.314. The summed E-state index contributed by atoms with van der Waals surface area (Å²) >= 11 is 20.8. The molecule has 0 unspecified atom stereocenters. The minimum atomic E-state index is -2.00. The predicted molar refractivity (Wildman–Crippen MR) is 173 cm³/mol. The second-order valence-electron chi connectivity index (χ2n) is 12.4. The first-order valence-electron chi connectivity index (χ1n) is 14.9. The largest absolute Gasteiger partial charge is 0.508 e. The third kappa shape index (κ3) is 4.26. The van der Waals surface area contributed by atoms with Gasteiger partial charge >= 0.3 is 0 Å². The molecule has 4 amide bonds. The lowest BCUT2D eigenvalue weighted by Crippen LogP contribution is -2.60. The van der Waals surface area contributed by atoms with Crippen LogP contribution < -0.4 is 9.64 Å². The van der Waals surface area contributed by atoms with Crippen molar-refractivity contribution in [2.75, 3.05) is 11.9 Å². The summed E-state index contributed by atoms with van der Waals surface area (Å²) in [7, 11) is 1.32. The highest BCUT2D eigenvalue weighted by molar-refractivity contribution is 6.53. The summed E-state index contributed by atoms with van der Waals surface area (Å²) in [5.74, 6) is -5.41. The molecule has 3 fully saturated rings. The predicted octanol–water partition coefficient (Wildman–Crippen LogP) is 6.13. The Labute approximate surface area is 280 Å². The molecule has 236 valence electrons. The van der Waals surface area contributed by atoms with Crippen LogP contribution in [0.5, 0.6) is 11.5 Å². The number of anilines is 1. The van der Waals surface area contributed by atoms with Crippen LogP contribution in [-0.4, -0.2) is 50.4 Å². The van der Waals surface area contributed by atoms with Gasteiger partial charge in [0.1, 0.15) is 18.1 Å². The van der Waals surface area contributed by atoms with Gasteiger partial charge in [-0.3, -0.25) is 24.1 Å². The summed E-state index contributed by atoms with van der Waals surface area (Å²) in [6, 6.07) is 19.2. The quantitative estimate of drug-likeness (QED) is 0.198. The monoisotopic (exact) mass is 678 g/mol. The van der Waals surface area contributed by atoms with Gasteiger partial charge < -0.3 is 9.84 Å². The van der Waals surface area contributed by atoms with E-state index >= 15 is 0 Å². The minimum Gasteiger partial charge on any atom is -0.508 e. The number of aromatic hydroxyl groups is 1. The van der Waals surface area contributed by atoms with Crippen molar-refractivity contribution in [1.29, 1.82) is 0 Å². The van der Waals surface area contributed by atoms with Gasteiger partial charge in [0.15, 0.2) is 9.75 Å². The maximum absolute atomic E-state index is 14.2. The smallest absolute Gasteiger partial charge is 0.253 e. The van der Waals surface area contributed by atoms with Crippen molar-refractivity contribution < 1.29 is 29.0 Å². The number of phenolic OH excluding ortho intramolecular Hbond substituents is 1. The van der Waals surface area contributed by atoms with Crippen LogP contribution in [-0.2, 0) is 25.8 Å². The van der Waals surface area contributed by atoms with Gasteiger partial charge in [-0.15, -0.1) is 23.2 Å². The lowest BCUT2D eigenvalue weighted by molar-refractivity contribution is -0.138. The van der Waals surface area contributed by atoms with Gasteiger partial charge in [-0.25, -0.2) is 4.90 Å². The standard InChI is InChI=1S/C35H29Cl3N2O6/c1-18-8-9-20(14-26(18)36)40-30(42)24-13-12-22-25(28(24)31(40)43)16-34(37)32(44)39(2)33(45)35(34,38)29(22)23-11-10-21(15-27(23)41)46-17-19-6-4-3-5-7-19/h3-12,14-15,24-25,28-29,41H,13,16-17H2,1-2H3/t24-,25+,28-,29+,34+,35-/m0/s1. The van der Waals surface area contributed by atoms with Crippen molar-refractivity contribution in [3.63, 3.8) is 0 Å². The number of nitrogens with zero attached hydrogens (tertiary/aromatic N) is 2. The van der Waals surface area contributed by atoms with Crippen molar-refractivity contribution in [1.82, 2.24) is 4.90 Å². The lowest BCUT2D eigenvalue weighted by Gasteiger charge is -2.50. The molecule has 6 atom stereocenters. The maximum atomic E-state index is 14.2. The van der Waals surface area contributed by atoms with Gasteiger partial charge in [-0.05, 0) is 55.0 Å². The van der Waals surface area contributed by atoms with E-state index in [2.05, 4.69) is 0 Å². The van der Waals surface area contributed by atoms with Crippen molar-refractivity contribution >= 4 is 64.1 Å². The van der Waals surface area contributed by atoms with E-state index in [0.717, 1.165) is 20.9 Å². The van der Waals surface area contributed by atoms with Crippen LogP contribution in [0.1, 0.15) is 35.4 Å². The highest BCUT2D eigenvalue weighted by atomic mass is 35.5. The number of hydrogen-bond donors (Lipinski definition) is 1. The van der Waals surface area contributed by atoms with Crippen molar-refractivity contribution in [3.8, 4) is 11.5 Å². The van der Waals surface area contributed by atoms with E-state index in [1.807, 2.05) is 43.3 Å². The van der Waals surface area contributed by atoms with Crippen LogP contribution in [0.4, 0.5) is 5.69 Å². The molecule has 0 spiro atoms. The van der Waals surface area contributed by atoms with Crippen molar-refractivity contribution in [3.05, 3.63) is 100 Å². The van der Waals surface area contributed by atoms with Crippen LogP contribution in [0.2, 0.25) is 5.02 Å². The molecule has 2 saturated heterocycles. The number of benzene rings is 3. The second-order valence-corrected chi connectivity index (χ2v) is 14.1. The van der Waals surface area contributed by atoms with Gasteiger partial charge in [-0.2, -0.15) is 0 Å². The fourth-order valence-electron chi connectivity index (χ4n) is 7.66. The van der Waals surface area contributed by atoms with Crippen LogP contribution >= 0.6 is 34.8 Å². The van der Waals surface area contributed by atoms with Gasteiger partial charge in [0.2, 0.25) is 11.8 Å². The number of hydrogen-bond acceptors (Lipinski definition) is 6. The molecule has 1 saturated carbocycles. The lowest BCUT2D eigenvalue weighted by atomic mass is 9.56. The number of imide groups is 2. The first kappa shape index (κ1) is 30.8. The molecule has 3 aromatic carbocycles. The van der Waals surface area contributed by atoms with Crippen molar-refractivity contribution in [2.24, 2.45) is 17.8 Å². The minimum absolute atomic E-state index is 0.142. The summed E-state index contributed by atoms with van der Waals surface area (Å²) < 4.78 is 5.90. The Balaban J connectivity index is 1.31. The third-order valence-corrected chi connectivity index (χ3v) is 11.8. The molecular formula is C35H29Cl3N2O6. The molecular weight excluding hydrogens is 651 g/mol. The average Bonchev–Trinajstić information content (AvgIpc) is 3.37. The maximum Gasteiger partial charge on any atom is 0.253 e. The van der Waals surface area contributed by atoms with E-state index in [-0.39, 0.29) is 36.7 Å². The van der Waals surface area contributed by atoms with E-state index in [4.69, 9.17) is 39.5 Å². The Morgan fingerprint density at radius 3 is 2.37 bits per heavy atom. The summed E-state index contributed by atoms with van der Waals surface area (Å²) in [4.78, 5) is 53.6. The van der Waals surface area contributed by atoms with Crippen LogP contribution in [0, 0.1) is 24.7 Å². The summed E-state index contributed by atoms with van der Waals surface area (Å²) in [6.45, 7) is 2.09. The van der Waals surface area contributed by atoms with Crippen molar-refractivity contribution in [2.45, 2.75) is 42.0 Å². The van der Waals surface area contributed by atoms with Crippen LogP contribution in [0.15, 0.2) is 78.4 Å². The summed E-state index contributed by atoms with van der Waals surface area (Å²) in [6.07, 6.45) is 1.88. The fourth-order valence-corrected chi connectivity index (χ4v) is 8.85. The number of phenols is 1. The number of allylic oxidation sites excluding steroid dienone is 2. The van der Waals surface area contributed by atoms with Crippen LogP contribution in [0.3, 0.4) is 0 Å². The average molecular weight is 680 g/mol. The number of carbonyl (C=O) groups is 4. The Morgan fingerprint density at radius 1 is 0.935 bits per heavy atom. The molecule has 0 bridgehead atoms. The highest BCUT2D eigenvalue weighted by Gasteiger charge is 2.76. The molecule has 7 rings (SSSR count). The molecule has 0 radical (unpaired) electrons. The van der Waals surface area contributed by atoms with Gasteiger partial charge in [-0.1, -0.05) is 65.7 Å². The second kappa shape index (κ2) is 10.9. The number of alkyl halides is 2. The molecule has 2 aliphatic carbocycles. The molecule has 8 nitrogen and oxygen atoms in total. The Kier molecular flexibility index (Phi) is 7.27. The number of halogens is 3. The summed E-state index contributed by atoms with van der Waals surface area (Å²) in [5, 5.41) is 11.8. The SMILES string of the molecule is Cc1ccc(N2C(=O)[C@H]3[C@H](CC=C4[C@H]3C[C@@]3(Cl)C(=O)N(C)C(=O)[C@@]3(Cl)[C@H]4c3ccc(OCc4ccccc4)cc3O)C2=O)cc1Cl. The van der Waals surface area contributed by atoms with Crippen LogP contribution in [0.25, 0.3) is 0 Å². The van der Waals surface area contributed by atoms with Gasteiger partial charge in [0.05, 0.1) is 17.5 Å². The van der Waals surface area contributed by atoms with E-state index in [1.54, 1.807) is 30.3 Å². The number of aryl methyl sites for hydroxylation is 1. The van der Waals surface area contributed by atoms with Gasteiger partial charge in [0.25, 0.3) is 11.8 Å². The molecule has 2 aliphatic heterocycles. The Hall–Kier alpha value is -3.85. The Bertz CT molecular complexity index is 1860. The summed E-state index contributed by atoms with van der Waals surface area (Å²) in [5.41, 5.74) is 2.94. The number of amides is 4. The molecule has 11 heteroatoms. The highest BCUT2D eigenvalue weighted by Crippen LogP contribution is 2.66.